The van der Waals surface area contributed by atoms with E-state index < -0.39 is 0 Å². The molecule has 0 radical (unpaired) electrons. The van der Waals surface area contributed by atoms with E-state index in [0.29, 0.717) is 19.0 Å². The van der Waals surface area contributed by atoms with E-state index in [1.54, 1.807) is 0 Å². The number of fused-ring (bicyclic) bond motifs is 6. The van der Waals surface area contributed by atoms with Gasteiger partial charge in [-0.3, -0.25) is 14.5 Å². The molecule has 6 aromatic rings. The molecule has 6 aliphatic rings. The van der Waals surface area contributed by atoms with Gasteiger partial charge in [0.05, 0.1) is 23.0 Å². The van der Waals surface area contributed by atoms with Gasteiger partial charge < -0.3 is 29.9 Å². The lowest BCUT2D eigenvalue weighted by Gasteiger charge is -2.53. The van der Waals surface area contributed by atoms with Gasteiger partial charge in [0, 0.05) is 41.1 Å². The highest BCUT2D eigenvalue weighted by atomic mass is 16.5. The van der Waals surface area contributed by atoms with Crippen molar-refractivity contribution in [1.82, 2.24) is 15.8 Å². The topological polar surface area (TPSA) is 135 Å². The van der Waals surface area contributed by atoms with Gasteiger partial charge in [0.25, 0.3) is 11.8 Å². The molecule has 350 valence electrons. The van der Waals surface area contributed by atoms with E-state index in [1.165, 1.54) is 17.5 Å². The second kappa shape index (κ2) is 17.8. The van der Waals surface area contributed by atoms with E-state index in [2.05, 4.69) is 172 Å². The van der Waals surface area contributed by atoms with Crippen LogP contribution in [0.15, 0.2) is 156 Å². The van der Waals surface area contributed by atoms with Crippen LogP contribution < -0.4 is 40.8 Å². The number of benzene rings is 6. The van der Waals surface area contributed by atoms with Gasteiger partial charge in [-0.15, -0.1) is 0 Å². The molecule has 2 amide bonds. The van der Waals surface area contributed by atoms with Gasteiger partial charge in [0.1, 0.15) is 36.8 Å². The molecule has 0 spiro atoms. The number of amides is 2. The number of rotatable bonds is 9. The summed E-state index contributed by atoms with van der Waals surface area (Å²) in [7, 11) is 0. The third kappa shape index (κ3) is 8.41. The lowest BCUT2D eigenvalue weighted by atomic mass is 9.78. The van der Waals surface area contributed by atoms with Crippen LogP contribution >= 0.6 is 0 Å². The summed E-state index contributed by atoms with van der Waals surface area (Å²) in [5.74, 6) is 2.74. The highest BCUT2D eigenvalue weighted by Gasteiger charge is 2.44. The van der Waals surface area contributed by atoms with E-state index in [9.17, 15) is 9.59 Å². The van der Waals surface area contributed by atoms with Gasteiger partial charge in [-0.25, -0.2) is 10.9 Å². The molecule has 12 rings (SSSR count). The molecule has 0 bridgehead atoms. The largest absolute Gasteiger partial charge is 0.483 e. The van der Waals surface area contributed by atoms with Crippen molar-refractivity contribution < 1.29 is 19.1 Å². The number of carbonyl (C=O) groups is 2. The summed E-state index contributed by atoms with van der Waals surface area (Å²) in [4.78, 5) is 31.2. The SMILES string of the molecule is CC1C(=O)NN=C2COc3cc(-c4ccccc4)c(NC4(C)CCC4)cc3N21.CC1C(=O)NN=C2COc3cc(-c4ccccc4)c(NC4(C)CN(C(c5ccccc5)c5ccccc5)C4)cc3N21. The van der Waals surface area contributed by atoms with Gasteiger partial charge in [0.15, 0.2) is 11.7 Å². The number of amidine groups is 2. The fourth-order valence-electron chi connectivity index (χ4n) is 10.5. The number of nitrogens with zero attached hydrogens (tertiary/aromatic N) is 5. The monoisotopic (exact) mass is 919 g/mol. The maximum Gasteiger partial charge on any atom is 0.262 e. The normalized spacial score (nSPS) is 20.4. The number of anilines is 4. The Morgan fingerprint density at radius 3 is 1.39 bits per heavy atom. The molecule has 1 aliphatic carbocycles. The zero-order valence-corrected chi connectivity index (χ0v) is 39.4. The van der Waals surface area contributed by atoms with Crippen molar-refractivity contribution in [3.8, 4) is 33.8 Å². The number of nitrogens with one attached hydrogen (secondary N) is 4. The van der Waals surface area contributed by atoms with Crippen molar-refractivity contribution in [1.29, 1.82) is 0 Å². The van der Waals surface area contributed by atoms with Crippen molar-refractivity contribution in [2.24, 2.45) is 10.2 Å². The van der Waals surface area contributed by atoms with Gasteiger partial charge in [-0.2, -0.15) is 10.2 Å². The van der Waals surface area contributed by atoms with Crippen molar-refractivity contribution >= 4 is 46.2 Å². The number of hydrogen-bond acceptors (Lipinski definition) is 11. The highest BCUT2D eigenvalue weighted by molar-refractivity contribution is 6.11. The number of hydrazone groups is 2. The van der Waals surface area contributed by atoms with Gasteiger partial charge in [0.2, 0.25) is 0 Å². The molecule has 13 heteroatoms. The molecule has 13 nitrogen and oxygen atoms in total. The van der Waals surface area contributed by atoms with E-state index in [0.717, 1.165) is 88.3 Å². The Bertz CT molecular complexity index is 2920. The summed E-state index contributed by atoms with van der Waals surface area (Å²) in [5.41, 5.74) is 16.0. The molecule has 69 heavy (non-hydrogen) atoms. The Kier molecular flexibility index (Phi) is 11.3. The number of hydrogen-bond donors (Lipinski definition) is 4. The first-order valence-electron chi connectivity index (χ1n) is 24.0. The molecule has 5 aliphatic heterocycles. The average Bonchev–Trinajstić information content (AvgIpc) is 3.36. The zero-order chi connectivity index (χ0) is 47.3. The smallest absolute Gasteiger partial charge is 0.262 e. The van der Waals surface area contributed by atoms with Crippen LogP contribution in [0.4, 0.5) is 22.7 Å². The first-order valence-corrected chi connectivity index (χ1v) is 24.0. The molecule has 0 aromatic heterocycles. The van der Waals surface area contributed by atoms with E-state index in [-0.39, 0.29) is 41.0 Å². The molecule has 4 N–H and O–H groups in total. The fraction of sp³-hybridized carbons (Fsp3) is 0.286. The number of likely N-dealkylation sites (tertiary alicyclic amines) is 1. The van der Waals surface area contributed by atoms with Crippen LogP contribution in [0.3, 0.4) is 0 Å². The van der Waals surface area contributed by atoms with Crippen molar-refractivity contribution in [3.05, 3.63) is 157 Å². The molecule has 1 saturated heterocycles. The van der Waals surface area contributed by atoms with Crippen molar-refractivity contribution in [2.45, 2.75) is 76.2 Å². The summed E-state index contributed by atoms with van der Waals surface area (Å²) in [6.45, 7) is 10.7. The van der Waals surface area contributed by atoms with Crippen molar-refractivity contribution in [2.75, 3.05) is 46.7 Å². The lowest BCUT2D eigenvalue weighted by Crippen LogP contribution is -2.64. The fourth-order valence-corrected chi connectivity index (χ4v) is 10.5. The van der Waals surface area contributed by atoms with E-state index in [1.807, 2.05) is 47.9 Å². The Hall–Kier alpha value is -7.64. The number of ether oxygens (including phenoxy) is 2. The minimum Gasteiger partial charge on any atom is -0.483 e. The molecule has 1 saturated carbocycles. The second-order valence-corrected chi connectivity index (χ2v) is 19.5. The molecule has 6 aromatic carbocycles. The second-order valence-electron chi connectivity index (χ2n) is 19.5. The van der Waals surface area contributed by atoms with Gasteiger partial charge in [-0.05, 0) is 93.5 Å². The maximum atomic E-state index is 12.5. The van der Waals surface area contributed by atoms with Crippen LogP contribution in [0.2, 0.25) is 0 Å². The lowest BCUT2D eigenvalue weighted by molar-refractivity contribution is -0.123. The van der Waals surface area contributed by atoms with E-state index >= 15 is 0 Å². The summed E-state index contributed by atoms with van der Waals surface area (Å²) in [5, 5.41) is 16.2. The molecule has 2 unspecified atom stereocenters. The summed E-state index contributed by atoms with van der Waals surface area (Å²) < 4.78 is 12.2. The predicted molar refractivity (Wildman–Crippen MR) is 274 cm³/mol. The number of carbonyl (C=O) groups excluding carboxylic acids is 2. The van der Waals surface area contributed by atoms with Gasteiger partial charge in [-0.1, -0.05) is 121 Å². The first-order chi connectivity index (χ1) is 33.5. The maximum absolute atomic E-state index is 12.5. The zero-order valence-electron chi connectivity index (χ0n) is 39.4. The Morgan fingerprint density at radius 2 is 0.986 bits per heavy atom. The van der Waals surface area contributed by atoms with Crippen LogP contribution in [0.25, 0.3) is 22.3 Å². The third-order valence-corrected chi connectivity index (χ3v) is 14.3. The van der Waals surface area contributed by atoms with Crippen LogP contribution in [0.1, 0.15) is 64.1 Å². The Balaban J connectivity index is 0.000000162. The average molecular weight is 920 g/mol. The summed E-state index contributed by atoms with van der Waals surface area (Å²) in [6.07, 6.45) is 3.56. The molecular formula is C56H57N9O4. The minimum atomic E-state index is -0.382. The Labute approximate surface area is 403 Å². The molecule has 5 heterocycles. The van der Waals surface area contributed by atoms with Crippen molar-refractivity contribution in [3.63, 3.8) is 0 Å². The van der Waals surface area contributed by atoms with Crippen LogP contribution in [0, 0.1) is 0 Å². The summed E-state index contributed by atoms with van der Waals surface area (Å²) in [6, 6.07) is 50.1. The van der Waals surface area contributed by atoms with Crippen LogP contribution in [-0.4, -0.2) is 77.9 Å². The van der Waals surface area contributed by atoms with Crippen LogP contribution in [-0.2, 0) is 9.59 Å². The molecule has 2 atom stereocenters. The molecular weight excluding hydrogens is 863 g/mol. The van der Waals surface area contributed by atoms with Gasteiger partial charge >= 0.3 is 0 Å². The van der Waals surface area contributed by atoms with Crippen LogP contribution in [0.5, 0.6) is 11.5 Å². The quantitative estimate of drug-likeness (QED) is 0.112. The third-order valence-electron chi connectivity index (χ3n) is 14.3. The van der Waals surface area contributed by atoms with E-state index in [4.69, 9.17) is 9.47 Å². The predicted octanol–water partition coefficient (Wildman–Crippen LogP) is 9.40. The first kappa shape index (κ1) is 43.9. The standard InChI is InChI=1S/C34H33N5O2.C22H24N4O2/c1-23-33(40)37-36-31-20-41-30-18-27(24-12-6-3-7-13-24)28(19-29(30)39(23)31)35-34(2)21-38(22-34)32(25-14-8-4-9-15-25)26-16-10-5-11-17-26;1-14-21(27)25-24-20-13-28-19-11-16(15-7-4-3-5-8-15)17(12-18(19)26(14)20)23-22(2)9-6-10-22/h3-19,23,32,35H,20-22H2,1-2H3,(H,37,40);3-5,7-8,11-12,14,23H,6,9-10,13H2,1-2H3,(H,25,27). The molecule has 2 fully saturated rings. The summed E-state index contributed by atoms with van der Waals surface area (Å²) >= 11 is 0. The highest BCUT2D eigenvalue weighted by Crippen LogP contribution is 2.47. The minimum absolute atomic E-state index is 0.106. The Morgan fingerprint density at radius 1 is 0.580 bits per heavy atom.